The van der Waals surface area contributed by atoms with Crippen molar-refractivity contribution in [2.75, 3.05) is 26.9 Å². The number of rotatable bonds is 9. The number of allylic oxidation sites excluding steroid dienone is 4. The minimum atomic E-state index is -0.428. The third-order valence-corrected chi connectivity index (χ3v) is 8.56. The van der Waals surface area contributed by atoms with Crippen LogP contribution in [0.4, 0.5) is 0 Å². The van der Waals surface area contributed by atoms with Gasteiger partial charge in [0.2, 0.25) is 0 Å². The molecule has 0 unspecified atom stereocenters. The molecule has 2 aromatic carbocycles. The molecule has 0 spiro atoms. The largest absolute Gasteiger partial charge is 0.490 e. The smallest absolute Gasteiger partial charge is 0.175 e. The fraction of sp³-hybridized carbons (Fsp3) is 0.419. The van der Waals surface area contributed by atoms with Gasteiger partial charge in [0.15, 0.2) is 23.1 Å². The van der Waals surface area contributed by atoms with Crippen LogP contribution in [0.5, 0.6) is 11.5 Å². The molecule has 0 bridgehead atoms. The fourth-order valence-electron chi connectivity index (χ4n) is 5.93. The van der Waals surface area contributed by atoms with E-state index in [1.807, 2.05) is 43.3 Å². The van der Waals surface area contributed by atoms with Crippen LogP contribution in [0.3, 0.4) is 0 Å². The van der Waals surface area contributed by atoms with E-state index >= 15 is 0 Å². The van der Waals surface area contributed by atoms with Crippen molar-refractivity contribution in [2.24, 2.45) is 0 Å². The standard InChI is InChI=1S/C31H33BrClNO5/c1-3-38-27-17-20(16-21(32)31(27)39-18-19-8-4-5-9-22(19)33)28-29-23(10-6-12-25(29)35)34(14-15-37-2)24-11-7-13-26(36)30(24)28/h4-5,8-9,16-17,28H,3,6-7,10-15,18H2,1-2H3. The molecule has 1 heterocycles. The third kappa shape index (κ3) is 5.54. The lowest BCUT2D eigenvalue weighted by Gasteiger charge is -2.44. The number of Topliss-reactive ketones (excluding diaryl/α,β-unsaturated/α-hetero) is 2. The number of ether oxygens (including phenoxy) is 3. The molecule has 0 radical (unpaired) electrons. The Hall–Kier alpha value is -2.61. The van der Waals surface area contributed by atoms with Gasteiger partial charge in [-0.1, -0.05) is 29.8 Å². The van der Waals surface area contributed by atoms with Gasteiger partial charge in [-0.25, -0.2) is 0 Å². The molecule has 0 fully saturated rings. The van der Waals surface area contributed by atoms with Crippen molar-refractivity contribution in [2.45, 2.75) is 58.0 Å². The molecule has 8 heteroatoms. The first-order chi connectivity index (χ1) is 18.9. The zero-order valence-electron chi connectivity index (χ0n) is 22.4. The van der Waals surface area contributed by atoms with Crippen LogP contribution in [-0.4, -0.2) is 43.3 Å². The van der Waals surface area contributed by atoms with Crippen LogP contribution < -0.4 is 9.47 Å². The number of hydrogen-bond donors (Lipinski definition) is 0. The fourth-order valence-corrected chi connectivity index (χ4v) is 6.69. The van der Waals surface area contributed by atoms with Gasteiger partial charge in [-0.3, -0.25) is 9.59 Å². The Balaban J connectivity index is 1.61. The summed E-state index contributed by atoms with van der Waals surface area (Å²) >= 11 is 10.1. The van der Waals surface area contributed by atoms with E-state index in [0.29, 0.717) is 53.6 Å². The quantitative estimate of drug-likeness (QED) is 0.299. The number of halogens is 2. The minimum Gasteiger partial charge on any atom is -0.490 e. The van der Waals surface area contributed by atoms with E-state index in [0.717, 1.165) is 59.4 Å². The number of benzene rings is 2. The van der Waals surface area contributed by atoms with Crippen LogP contribution in [0.1, 0.15) is 62.5 Å². The van der Waals surface area contributed by atoms with Crippen molar-refractivity contribution >= 4 is 39.1 Å². The Bertz CT molecular complexity index is 1310. The lowest BCUT2D eigenvalue weighted by molar-refractivity contribution is -0.117. The van der Waals surface area contributed by atoms with Crippen molar-refractivity contribution in [3.05, 3.63) is 79.6 Å². The SMILES string of the molecule is CCOc1cc(C2C3=C(CCCC3=O)N(CCOC)C3=C2C(=O)CCC3)cc(Br)c1OCc1ccccc1Cl. The maximum Gasteiger partial charge on any atom is 0.175 e. The molecule has 0 N–H and O–H groups in total. The average Bonchev–Trinajstić information content (AvgIpc) is 2.92. The highest BCUT2D eigenvalue weighted by Crippen LogP contribution is 2.51. The van der Waals surface area contributed by atoms with Crippen molar-refractivity contribution in [1.82, 2.24) is 4.90 Å². The van der Waals surface area contributed by atoms with Crippen LogP contribution in [0, 0.1) is 0 Å². The highest BCUT2D eigenvalue weighted by atomic mass is 79.9. The van der Waals surface area contributed by atoms with Gasteiger partial charge in [-0.15, -0.1) is 0 Å². The first-order valence-corrected chi connectivity index (χ1v) is 14.7. The highest BCUT2D eigenvalue weighted by Gasteiger charge is 2.43. The Morgan fingerprint density at radius 3 is 2.26 bits per heavy atom. The predicted molar refractivity (Wildman–Crippen MR) is 154 cm³/mol. The Kier molecular flexibility index (Phi) is 8.79. The number of ketones is 2. The van der Waals surface area contributed by atoms with E-state index in [-0.39, 0.29) is 18.2 Å². The number of carbonyl (C=O) groups excluding carboxylic acids is 2. The van der Waals surface area contributed by atoms with Crippen molar-refractivity contribution in [3.8, 4) is 11.5 Å². The molecule has 1 aliphatic heterocycles. The molecule has 206 valence electrons. The maximum absolute atomic E-state index is 13.5. The number of carbonyl (C=O) groups is 2. The molecule has 5 rings (SSSR count). The van der Waals surface area contributed by atoms with Crippen molar-refractivity contribution in [3.63, 3.8) is 0 Å². The lowest BCUT2D eigenvalue weighted by Crippen LogP contribution is -2.40. The van der Waals surface area contributed by atoms with Crippen LogP contribution in [0.15, 0.2) is 63.4 Å². The first-order valence-electron chi connectivity index (χ1n) is 13.6. The van der Waals surface area contributed by atoms with E-state index in [4.69, 9.17) is 25.8 Å². The maximum atomic E-state index is 13.5. The lowest BCUT2D eigenvalue weighted by atomic mass is 9.71. The molecular formula is C31H33BrClNO5. The summed E-state index contributed by atoms with van der Waals surface area (Å²) in [6, 6.07) is 11.5. The average molecular weight is 615 g/mol. The molecule has 3 aliphatic rings. The molecule has 0 aromatic heterocycles. The summed E-state index contributed by atoms with van der Waals surface area (Å²) in [5, 5.41) is 0.633. The number of nitrogens with zero attached hydrogens (tertiary/aromatic N) is 1. The summed E-state index contributed by atoms with van der Waals surface area (Å²) in [7, 11) is 1.68. The zero-order chi connectivity index (χ0) is 27.5. The second kappa shape index (κ2) is 12.3. The van der Waals surface area contributed by atoms with Gasteiger partial charge in [0.25, 0.3) is 0 Å². The summed E-state index contributed by atoms with van der Waals surface area (Å²) in [4.78, 5) is 29.3. The number of methoxy groups -OCH3 is 1. The van der Waals surface area contributed by atoms with Gasteiger partial charge in [0, 0.05) is 65.5 Å². The van der Waals surface area contributed by atoms with E-state index in [1.54, 1.807) is 7.11 Å². The van der Waals surface area contributed by atoms with E-state index < -0.39 is 5.92 Å². The van der Waals surface area contributed by atoms with Gasteiger partial charge in [0.05, 0.1) is 17.7 Å². The number of hydrogen-bond acceptors (Lipinski definition) is 6. The van der Waals surface area contributed by atoms with Crippen molar-refractivity contribution in [1.29, 1.82) is 0 Å². The topological polar surface area (TPSA) is 65.1 Å². The summed E-state index contributed by atoms with van der Waals surface area (Å²) in [6.45, 7) is 3.79. The second-order valence-electron chi connectivity index (χ2n) is 9.99. The molecule has 0 atom stereocenters. The van der Waals surface area contributed by atoms with Gasteiger partial charge in [0.1, 0.15) is 6.61 Å². The van der Waals surface area contributed by atoms with Crippen LogP contribution in [0.25, 0.3) is 0 Å². The minimum absolute atomic E-state index is 0.113. The highest BCUT2D eigenvalue weighted by molar-refractivity contribution is 9.10. The van der Waals surface area contributed by atoms with Gasteiger partial charge >= 0.3 is 0 Å². The second-order valence-corrected chi connectivity index (χ2v) is 11.3. The summed E-state index contributed by atoms with van der Waals surface area (Å²) in [6.07, 6.45) is 4.22. The first kappa shape index (κ1) is 27.9. The molecular weight excluding hydrogens is 582 g/mol. The van der Waals surface area contributed by atoms with Crippen molar-refractivity contribution < 1.29 is 23.8 Å². The van der Waals surface area contributed by atoms with E-state index in [1.165, 1.54) is 0 Å². The van der Waals surface area contributed by atoms with Crippen LogP contribution in [-0.2, 0) is 20.9 Å². The molecule has 2 aromatic rings. The monoisotopic (exact) mass is 613 g/mol. The summed E-state index contributed by atoms with van der Waals surface area (Å²) < 4.78 is 18.4. The normalized spacial score (nSPS) is 17.9. The zero-order valence-corrected chi connectivity index (χ0v) is 24.7. The van der Waals surface area contributed by atoms with E-state index in [2.05, 4.69) is 20.8 Å². The molecule has 0 amide bonds. The molecule has 0 saturated carbocycles. The molecule has 6 nitrogen and oxygen atoms in total. The van der Waals surface area contributed by atoms with Crippen LogP contribution >= 0.6 is 27.5 Å². The summed E-state index contributed by atoms with van der Waals surface area (Å²) in [5.74, 6) is 0.920. The van der Waals surface area contributed by atoms with Gasteiger partial charge < -0.3 is 19.1 Å². The molecule has 2 aliphatic carbocycles. The Morgan fingerprint density at radius 2 is 1.64 bits per heavy atom. The summed E-state index contributed by atoms with van der Waals surface area (Å²) in [5.41, 5.74) is 5.28. The Labute approximate surface area is 243 Å². The van der Waals surface area contributed by atoms with Crippen LogP contribution in [0.2, 0.25) is 5.02 Å². The van der Waals surface area contributed by atoms with Gasteiger partial charge in [-0.2, -0.15) is 0 Å². The predicted octanol–water partition coefficient (Wildman–Crippen LogP) is 7.14. The Morgan fingerprint density at radius 1 is 0.974 bits per heavy atom. The third-order valence-electron chi connectivity index (χ3n) is 7.60. The van der Waals surface area contributed by atoms with E-state index in [9.17, 15) is 9.59 Å². The van der Waals surface area contributed by atoms with Gasteiger partial charge in [-0.05, 0) is 72.3 Å². The molecule has 39 heavy (non-hydrogen) atoms. The molecule has 0 saturated heterocycles.